The number of thiophene rings is 1. The molecule has 1 heterocycles. The Kier molecular flexibility index (Phi) is 4.38. The minimum Gasteiger partial charge on any atom is -0.392 e. The van der Waals surface area contributed by atoms with Crippen LogP contribution in [0.25, 0.3) is 0 Å². The van der Waals surface area contributed by atoms with E-state index in [4.69, 9.17) is 0 Å². The maximum Gasteiger partial charge on any atom is 0.0692 e. The normalized spacial score (nSPS) is 19.1. The summed E-state index contributed by atoms with van der Waals surface area (Å²) in [7, 11) is 0. The smallest absolute Gasteiger partial charge is 0.0692 e. The third-order valence-electron chi connectivity index (χ3n) is 3.39. The summed E-state index contributed by atoms with van der Waals surface area (Å²) >= 11 is 1.83. The van der Waals surface area contributed by atoms with Crippen LogP contribution in [-0.2, 0) is 6.54 Å². The molecule has 16 heavy (non-hydrogen) atoms. The Morgan fingerprint density at radius 2 is 2.19 bits per heavy atom. The molecule has 0 aliphatic heterocycles. The molecule has 0 amide bonds. The molecule has 0 radical (unpaired) electrons. The van der Waals surface area contributed by atoms with Gasteiger partial charge in [-0.15, -0.1) is 11.3 Å². The molecule has 1 fully saturated rings. The fourth-order valence-corrected chi connectivity index (χ4v) is 3.29. The highest BCUT2D eigenvalue weighted by Gasteiger charge is 2.22. The molecule has 0 bridgehead atoms. The quantitative estimate of drug-likeness (QED) is 0.828. The summed E-state index contributed by atoms with van der Waals surface area (Å²) in [6, 6.07) is 4.31. The van der Waals surface area contributed by atoms with Gasteiger partial charge in [-0.25, -0.2) is 0 Å². The zero-order chi connectivity index (χ0) is 11.4. The van der Waals surface area contributed by atoms with Crippen LogP contribution in [-0.4, -0.2) is 17.8 Å². The van der Waals surface area contributed by atoms with Crippen LogP contribution < -0.4 is 5.32 Å². The van der Waals surface area contributed by atoms with Gasteiger partial charge in [0.25, 0.3) is 0 Å². The van der Waals surface area contributed by atoms with Gasteiger partial charge in [-0.2, -0.15) is 0 Å². The van der Waals surface area contributed by atoms with Crippen molar-refractivity contribution in [2.75, 3.05) is 6.54 Å². The van der Waals surface area contributed by atoms with Crippen molar-refractivity contribution in [3.63, 3.8) is 0 Å². The molecule has 0 aromatic carbocycles. The summed E-state index contributed by atoms with van der Waals surface area (Å²) in [5, 5.41) is 13.3. The van der Waals surface area contributed by atoms with Crippen molar-refractivity contribution >= 4 is 11.3 Å². The van der Waals surface area contributed by atoms with E-state index in [0.29, 0.717) is 5.92 Å². The van der Waals surface area contributed by atoms with Crippen LogP contribution in [0.4, 0.5) is 0 Å². The van der Waals surface area contributed by atoms with Crippen molar-refractivity contribution in [3.05, 3.63) is 21.9 Å². The van der Waals surface area contributed by atoms with E-state index in [0.717, 1.165) is 13.1 Å². The molecule has 1 aromatic heterocycles. The number of hydrogen-bond donors (Lipinski definition) is 2. The van der Waals surface area contributed by atoms with E-state index in [9.17, 15) is 5.11 Å². The van der Waals surface area contributed by atoms with Gasteiger partial charge in [0.2, 0.25) is 0 Å². The van der Waals surface area contributed by atoms with Gasteiger partial charge in [0.05, 0.1) is 6.10 Å². The van der Waals surface area contributed by atoms with Crippen molar-refractivity contribution in [2.24, 2.45) is 5.92 Å². The van der Waals surface area contributed by atoms with E-state index in [1.165, 1.54) is 35.4 Å². The van der Waals surface area contributed by atoms with Crippen LogP contribution in [0.2, 0.25) is 0 Å². The maximum atomic E-state index is 9.97. The summed E-state index contributed by atoms with van der Waals surface area (Å²) in [6.07, 6.45) is 4.86. The highest BCUT2D eigenvalue weighted by atomic mass is 32.1. The second-order valence-corrected chi connectivity index (χ2v) is 6.13. The average molecular weight is 239 g/mol. The zero-order valence-corrected chi connectivity index (χ0v) is 10.7. The van der Waals surface area contributed by atoms with Crippen molar-refractivity contribution in [1.82, 2.24) is 5.32 Å². The number of nitrogens with one attached hydrogen (secondary N) is 1. The summed E-state index contributed by atoms with van der Waals surface area (Å²) in [5.74, 6) is 0.539. The molecule has 1 aliphatic carbocycles. The van der Waals surface area contributed by atoms with Gasteiger partial charge in [0.15, 0.2) is 0 Å². The molecule has 1 atom stereocenters. The van der Waals surface area contributed by atoms with Gasteiger partial charge in [-0.05, 0) is 37.8 Å². The molecule has 1 unspecified atom stereocenters. The number of aliphatic hydroxyl groups is 1. The SMILES string of the molecule is Cc1ccc(CNCC(O)C2CCCC2)s1. The fourth-order valence-electron chi connectivity index (χ4n) is 2.43. The lowest BCUT2D eigenvalue weighted by Crippen LogP contribution is -2.31. The second-order valence-electron chi connectivity index (χ2n) is 4.76. The first-order valence-corrected chi connectivity index (χ1v) is 7.01. The Balaban J connectivity index is 1.67. The molecular weight excluding hydrogens is 218 g/mol. The van der Waals surface area contributed by atoms with Crippen LogP contribution in [0, 0.1) is 12.8 Å². The molecule has 1 aliphatic rings. The largest absolute Gasteiger partial charge is 0.392 e. The van der Waals surface area contributed by atoms with Gasteiger partial charge in [-0.3, -0.25) is 0 Å². The molecule has 3 heteroatoms. The van der Waals surface area contributed by atoms with Crippen LogP contribution in [0.5, 0.6) is 0 Å². The van der Waals surface area contributed by atoms with Gasteiger partial charge in [0, 0.05) is 22.8 Å². The summed E-state index contributed by atoms with van der Waals surface area (Å²) < 4.78 is 0. The Morgan fingerprint density at radius 1 is 1.44 bits per heavy atom. The molecular formula is C13H21NOS. The zero-order valence-electron chi connectivity index (χ0n) is 9.91. The number of aryl methyl sites for hydroxylation is 1. The van der Waals surface area contributed by atoms with Crippen molar-refractivity contribution in [3.8, 4) is 0 Å². The Labute approximate surface area is 102 Å². The summed E-state index contributed by atoms with van der Waals surface area (Å²) in [6.45, 7) is 3.76. The predicted molar refractivity (Wildman–Crippen MR) is 68.7 cm³/mol. The molecule has 0 spiro atoms. The minimum absolute atomic E-state index is 0.149. The average Bonchev–Trinajstić information content (AvgIpc) is 2.89. The number of aliphatic hydroxyl groups excluding tert-OH is 1. The highest BCUT2D eigenvalue weighted by Crippen LogP contribution is 2.27. The molecule has 90 valence electrons. The van der Waals surface area contributed by atoms with Gasteiger partial charge >= 0.3 is 0 Å². The summed E-state index contributed by atoms with van der Waals surface area (Å²) in [4.78, 5) is 2.71. The van der Waals surface area contributed by atoms with Gasteiger partial charge < -0.3 is 10.4 Å². The third kappa shape index (κ3) is 3.30. The molecule has 1 saturated carbocycles. The van der Waals surface area contributed by atoms with E-state index in [-0.39, 0.29) is 6.10 Å². The molecule has 2 N–H and O–H groups in total. The first kappa shape index (κ1) is 12.1. The van der Waals surface area contributed by atoms with E-state index in [1.54, 1.807) is 0 Å². The number of rotatable bonds is 5. The van der Waals surface area contributed by atoms with Crippen LogP contribution >= 0.6 is 11.3 Å². The third-order valence-corrected chi connectivity index (χ3v) is 4.39. The van der Waals surface area contributed by atoms with E-state index < -0.39 is 0 Å². The first-order valence-electron chi connectivity index (χ1n) is 6.20. The van der Waals surface area contributed by atoms with Crippen molar-refractivity contribution < 1.29 is 5.11 Å². The molecule has 1 aromatic rings. The van der Waals surface area contributed by atoms with E-state index in [1.807, 2.05) is 11.3 Å². The van der Waals surface area contributed by atoms with Crippen LogP contribution in [0.15, 0.2) is 12.1 Å². The van der Waals surface area contributed by atoms with Crippen molar-refractivity contribution in [2.45, 2.75) is 45.3 Å². The lowest BCUT2D eigenvalue weighted by atomic mass is 10.0. The Bertz CT molecular complexity index is 317. The predicted octanol–water partition coefficient (Wildman–Crippen LogP) is 2.70. The van der Waals surface area contributed by atoms with E-state index in [2.05, 4.69) is 24.4 Å². The lowest BCUT2D eigenvalue weighted by Gasteiger charge is -2.17. The standard InChI is InChI=1S/C13H21NOS/c1-10-6-7-12(16-10)8-14-9-13(15)11-4-2-3-5-11/h6-7,11,13-15H,2-5,8-9H2,1H3. The van der Waals surface area contributed by atoms with Crippen LogP contribution in [0.3, 0.4) is 0 Å². The highest BCUT2D eigenvalue weighted by molar-refractivity contribution is 7.11. The molecule has 2 nitrogen and oxygen atoms in total. The van der Waals surface area contributed by atoms with E-state index >= 15 is 0 Å². The summed E-state index contributed by atoms with van der Waals surface area (Å²) in [5.41, 5.74) is 0. The minimum atomic E-state index is -0.149. The molecule has 2 rings (SSSR count). The second kappa shape index (κ2) is 5.80. The monoisotopic (exact) mass is 239 g/mol. The van der Waals surface area contributed by atoms with Gasteiger partial charge in [-0.1, -0.05) is 12.8 Å². The molecule has 0 saturated heterocycles. The Hall–Kier alpha value is -0.380. The van der Waals surface area contributed by atoms with Crippen molar-refractivity contribution in [1.29, 1.82) is 0 Å². The topological polar surface area (TPSA) is 32.3 Å². The Morgan fingerprint density at radius 3 is 2.81 bits per heavy atom. The maximum absolute atomic E-state index is 9.97. The fraction of sp³-hybridized carbons (Fsp3) is 0.692. The van der Waals surface area contributed by atoms with Gasteiger partial charge in [0.1, 0.15) is 0 Å². The first-order chi connectivity index (χ1) is 7.75. The lowest BCUT2D eigenvalue weighted by molar-refractivity contribution is 0.109. The van der Waals surface area contributed by atoms with Crippen LogP contribution in [0.1, 0.15) is 35.4 Å². The number of hydrogen-bond acceptors (Lipinski definition) is 3.